The maximum atomic E-state index is 12.2. The number of carbonyl (C=O) groups is 1. The van der Waals surface area contributed by atoms with Crippen molar-refractivity contribution in [3.63, 3.8) is 0 Å². The molecule has 5 heterocycles. The summed E-state index contributed by atoms with van der Waals surface area (Å²) < 4.78 is 9.03. The fourth-order valence-electron chi connectivity index (χ4n) is 4.22. The first-order chi connectivity index (χ1) is 16.5. The molecule has 0 saturated carbocycles. The lowest BCUT2D eigenvalue weighted by Crippen LogP contribution is -2.39. The second-order valence-electron chi connectivity index (χ2n) is 8.61. The summed E-state index contributed by atoms with van der Waals surface area (Å²) in [6.45, 7) is 7.00. The van der Waals surface area contributed by atoms with Gasteiger partial charge in [0.2, 0.25) is 0 Å². The largest absolute Gasteiger partial charge is 0.447 e. The highest BCUT2D eigenvalue weighted by molar-refractivity contribution is 5.71. The van der Waals surface area contributed by atoms with E-state index in [9.17, 15) is 4.79 Å². The number of aryl methyl sites for hydroxylation is 1. The lowest BCUT2D eigenvalue weighted by atomic mass is 9.94. The van der Waals surface area contributed by atoms with Crippen LogP contribution in [-0.4, -0.2) is 64.3 Å². The highest BCUT2D eigenvalue weighted by Crippen LogP contribution is 2.31. The van der Waals surface area contributed by atoms with Crippen LogP contribution in [0.3, 0.4) is 0 Å². The zero-order valence-corrected chi connectivity index (χ0v) is 19.4. The number of nitrogens with zero attached hydrogens (tertiary/aromatic N) is 8. The summed E-state index contributed by atoms with van der Waals surface area (Å²) >= 11 is 0. The van der Waals surface area contributed by atoms with E-state index in [2.05, 4.69) is 34.8 Å². The Kier molecular flexibility index (Phi) is 5.83. The van der Waals surface area contributed by atoms with Crippen molar-refractivity contribution in [2.45, 2.75) is 45.6 Å². The zero-order chi connectivity index (χ0) is 23.7. The van der Waals surface area contributed by atoms with Crippen molar-refractivity contribution in [1.29, 1.82) is 0 Å². The zero-order valence-electron chi connectivity index (χ0n) is 19.4. The first-order valence-corrected chi connectivity index (χ1v) is 11.4. The van der Waals surface area contributed by atoms with Crippen LogP contribution in [0.5, 0.6) is 0 Å². The van der Waals surface area contributed by atoms with E-state index in [0.717, 1.165) is 35.6 Å². The van der Waals surface area contributed by atoms with E-state index < -0.39 is 0 Å². The summed E-state index contributed by atoms with van der Waals surface area (Å²) in [5, 5.41) is 7.50. The summed E-state index contributed by atoms with van der Waals surface area (Å²) in [6, 6.07) is 3.82. The average molecular weight is 462 g/mol. The van der Waals surface area contributed by atoms with Gasteiger partial charge >= 0.3 is 6.09 Å². The number of ether oxygens (including phenoxy) is 1. The van der Waals surface area contributed by atoms with Crippen molar-refractivity contribution >= 4 is 23.2 Å². The molecule has 4 aromatic rings. The number of hydrogen-bond acceptors (Lipinski definition) is 8. The molecule has 11 heteroatoms. The SMILES string of the molecule is Cc1nc(-n2cncn2)ccc1Nc1nccn2c(C3CCN(C(=O)OC(C)C)CC3)cnc12. The van der Waals surface area contributed by atoms with Crippen LogP contribution >= 0.6 is 0 Å². The van der Waals surface area contributed by atoms with Gasteiger partial charge in [-0.2, -0.15) is 5.10 Å². The number of aromatic nitrogens is 7. The third-order valence-electron chi connectivity index (χ3n) is 5.94. The molecule has 0 radical (unpaired) electrons. The van der Waals surface area contributed by atoms with E-state index in [1.807, 2.05) is 45.3 Å². The third-order valence-corrected chi connectivity index (χ3v) is 5.94. The highest BCUT2D eigenvalue weighted by Gasteiger charge is 2.27. The van der Waals surface area contributed by atoms with Crippen LogP contribution in [0.4, 0.5) is 16.3 Å². The van der Waals surface area contributed by atoms with Gasteiger partial charge < -0.3 is 15.0 Å². The molecule has 1 aliphatic rings. The van der Waals surface area contributed by atoms with Gasteiger partial charge in [-0.1, -0.05) is 0 Å². The van der Waals surface area contributed by atoms with E-state index in [1.54, 1.807) is 22.1 Å². The number of rotatable bonds is 5. The van der Waals surface area contributed by atoms with Crippen molar-refractivity contribution in [3.05, 3.63) is 54.8 Å². The lowest BCUT2D eigenvalue weighted by molar-refractivity contribution is 0.0690. The van der Waals surface area contributed by atoms with Crippen molar-refractivity contribution in [1.82, 2.24) is 39.0 Å². The summed E-state index contributed by atoms with van der Waals surface area (Å²) in [7, 11) is 0. The van der Waals surface area contributed by atoms with Crippen molar-refractivity contribution in [2.75, 3.05) is 18.4 Å². The van der Waals surface area contributed by atoms with E-state index in [4.69, 9.17) is 4.74 Å². The molecule has 1 fully saturated rings. The Labute approximate surface area is 196 Å². The number of pyridine rings is 1. The van der Waals surface area contributed by atoms with Gasteiger partial charge in [0.15, 0.2) is 17.3 Å². The molecule has 34 heavy (non-hydrogen) atoms. The molecule has 1 aliphatic heterocycles. The smallest absolute Gasteiger partial charge is 0.410 e. The topological polar surface area (TPSA) is 115 Å². The number of imidazole rings is 1. The second kappa shape index (κ2) is 9.08. The van der Waals surface area contributed by atoms with Gasteiger partial charge in [-0.25, -0.2) is 29.4 Å². The molecule has 0 unspecified atom stereocenters. The normalized spacial score (nSPS) is 14.6. The molecule has 1 saturated heterocycles. The van der Waals surface area contributed by atoms with Gasteiger partial charge in [0.25, 0.3) is 0 Å². The Balaban J connectivity index is 1.33. The molecule has 4 aromatic heterocycles. The van der Waals surface area contributed by atoms with E-state index in [1.165, 1.54) is 6.33 Å². The fourth-order valence-corrected chi connectivity index (χ4v) is 4.22. The Morgan fingerprint density at radius 3 is 2.74 bits per heavy atom. The van der Waals surface area contributed by atoms with Crippen LogP contribution in [0.15, 0.2) is 43.4 Å². The molecule has 0 aliphatic carbocycles. The molecular weight excluding hydrogens is 434 g/mol. The summed E-state index contributed by atoms with van der Waals surface area (Å²) in [5.74, 6) is 1.65. The van der Waals surface area contributed by atoms with Crippen molar-refractivity contribution in [2.24, 2.45) is 0 Å². The predicted octanol–water partition coefficient (Wildman–Crippen LogP) is 3.48. The van der Waals surface area contributed by atoms with Crippen LogP contribution in [-0.2, 0) is 4.74 Å². The highest BCUT2D eigenvalue weighted by atomic mass is 16.6. The monoisotopic (exact) mass is 461 g/mol. The first-order valence-electron chi connectivity index (χ1n) is 11.4. The minimum atomic E-state index is -0.235. The van der Waals surface area contributed by atoms with E-state index in [-0.39, 0.29) is 12.2 Å². The first kappa shape index (κ1) is 21.8. The Morgan fingerprint density at radius 1 is 1.21 bits per heavy atom. The number of piperidine rings is 1. The molecule has 1 N–H and O–H groups in total. The van der Waals surface area contributed by atoms with Crippen LogP contribution in [0.1, 0.15) is 44.0 Å². The number of amides is 1. The quantitative estimate of drug-likeness (QED) is 0.480. The number of fused-ring (bicyclic) bond motifs is 1. The number of likely N-dealkylation sites (tertiary alicyclic amines) is 1. The molecule has 0 bridgehead atoms. The van der Waals surface area contributed by atoms with Gasteiger partial charge in [-0.05, 0) is 45.7 Å². The molecular formula is C23H27N9O2. The Hall–Kier alpha value is -4.02. The van der Waals surface area contributed by atoms with Crippen molar-refractivity contribution in [3.8, 4) is 5.82 Å². The van der Waals surface area contributed by atoms with Gasteiger partial charge in [0, 0.05) is 43.3 Å². The van der Waals surface area contributed by atoms with E-state index in [0.29, 0.717) is 30.6 Å². The number of hydrogen-bond donors (Lipinski definition) is 1. The Bertz CT molecular complexity index is 1290. The fraction of sp³-hybridized carbons (Fsp3) is 0.391. The number of carbonyl (C=O) groups excluding carboxylic acids is 1. The molecule has 0 spiro atoms. The second-order valence-corrected chi connectivity index (χ2v) is 8.61. The molecule has 11 nitrogen and oxygen atoms in total. The third kappa shape index (κ3) is 4.28. The number of nitrogens with one attached hydrogen (secondary N) is 1. The molecule has 0 atom stereocenters. The minimum absolute atomic E-state index is 0.111. The standard InChI is InChI=1S/C23H27N9O2/c1-15(2)34-23(33)30-9-6-17(7-10-30)19-12-26-22-21(25-8-11-31(19)22)29-18-4-5-20(28-16(18)3)32-14-24-13-27-32/h4-5,8,11-15,17H,6-7,9-10H2,1-3H3,(H,25,29). The maximum absolute atomic E-state index is 12.2. The van der Waals surface area contributed by atoms with Crippen LogP contribution in [0.2, 0.25) is 0 Å². The summed E-state index contributed by atoms with van der Waals surface area (Å²) in [6.07, 6.45) is 10.1. The van der Waals surface area contributed by atoms with Crippen LogP contribution in [0.25, 0.3) is 11.5 Å². The predicted molar refractivity (Wildman–Crippen MR) is 125 cm³/mol. The van der Waals surface area contributed by atoms with Crippen LogP contribution in [0, 0.1) is 6.92 Å². The molecule has 1 amide bonds. The lowest BCUT2D eigenvalue weighted by Gasteiger charge is -2.31. The molecule has 5 rings (SSSR count). The summed E-state index contributed by atoms with van der Waals surface area (Å²) in [4.78, 5) is 31.7. The van der Waals surface area contributed by atoms with Gasteiger partial charge in [-0.15, -0.1) is 0 Å². The summed E-state index contributed by atoms with van der Waals surface area (Å²) in [5.41, 5.74) is 3.52. The maximum Gasteiger partial charge on any atom is 0.410 e. The van der Waals surface area contributed by atoms with Gasteiger partial charge in [0.1, 0.15) is 12.7 Å². The van der Waals surface area contributed by atoms with Crippen molar-refractivity contribution < 1.29 is 9.53 Å². The van der Waals surface area contributed by atoms with Crippen LogP contribution < -0.4 is 5.32 Å². The molecule has 0 aromatic carbocycles. The van der Waals surface area contributed by atoms with E-state index >= 15 is 0 Å². The van der Waals surface area contributed by atoms with Gasteiger partial charge in [0.05, 0.1) is 17.5 Å². The minimum Gasteiger partial charge on any atom is -0.447 e. The number of anilines is 2. The molecule has 176 valence electrons. The average Bonchev–Trinajstić information content (AvgIpc) is 3.51. The van der Waals surface area contributed by atoms with Gasteiger partial charge in [-0.3, -0.25) is 4.40 Å². The Morgan fingerprint density at radius 2 is 2.03 bits per heavy atom.